The number of carbonyl (C=O) groups is 1. The number of rotatable bonds is 6. The number of nitrogens with one attached hydrogen (secondary N) is 2. The van der Waals surface area contributed by atoms with E-state index < -0.39 is 10.0 Å². The van der Waals surface area contributed by atoms with E-state index in [-0.39, 0.29) is 28.1 Å². The molecule has 0 saturated carbocycles. The van der Waals surface area contributed by atoms with Crippen LogP contribution in [0.15, 0.2) is 47.4 Å². The van der Waals surface area contributed by atoms with Crippen molar-refractivity contribution in [2.75, 3.05) is 4.72 Å². The van der Waals surface area contributed by atoms with Crippen LogP contribution in [0.2, 0.25) is 0 Å². The van der Waals surface area contributed by atoms with Crippen LogP contribution in [0, 0.1) is 0 Å². The van der Waals surface area contributed by atoms with Gasteiger partial charge in [0.25, 0.3) is 15.9 Å². The van der Waals surface area contributed by atoms with Crippen LogP contribution in [0.25, 0.3) is 0 Å². The molecule has 1 amide bonds. The van der Waals surface area contributed by atoms with E-state index in [2.05, 4.69) is 10.0 Å². The molecule has 0 bridgehead atoms. The third-order valence-electron chi connectivity index (χ3n) is 5.13. The van der Waals surface area contributed by atoms with Gasteiger partial charge < -0.3 is 10.1 Å². The van der Waals surface area contributed by atoms with Crippen molar-refractivity contribution >= 4 is 21.6 Å². The quantitative estimate of drug-likeness (QED) is 0.742. The number of sulfonamides is 1. The van der Waals surface area contributed by atoms with E-state index in [4.69, 9.17) is 4.74 Å². The number of benzene rings is 2. The molecule has 1 atom stereocenters. The average Bonchev–Trinajstić information content (AvgIpc) is 2.66. The summed E-state index contributed by atoms with van der Waals surface area (Å²) in [5.74, 6) is 0.409. The molecule has 3 rings (SSSR count). The van der Waals surface area contributed by atoms with E-state index in [1.807, 2.05) is 27.7 Å². The third kappa shape index (κ3) is 4.90. The molecule has 2 aromatic rings. The Kier molecular flexibility index (Phi) is 5.89. The molecule has 6 nitrogen and oxygen atoms in total. The molecule has 2 N–H and O–H groups in total. The lowest BCUT2D eigenvalue weighted by Crippen LogP contribution is -2.33. The minimum Gasteiger partial charge on any atom is -0.488 e. The number of ether oxygens (including phenoxy) is 1. The summed E-state index contributed by atoms with van der Waals surface area (Å²) in [6.45, 7) is 7.91. The molecule has 0 spiro atoms. The average molecular weight is 417 g/mol. The second-order valence-corrected chi connectivity index (χ2v) is 9.75. The van der Waals surface area contributed by atoms with Gasteiger partial charge in [0.15, 0.2) is 0 Å². The first kappa shape index (κ1) is 21.2. The van der Waals surface area contributed by atoms with Crippen molar-refractivity contribution in [3.05, 3.63) is 53.6 Å². The number of aryl methyl sites for hydroxylation is 1. The Morgan fingerprint density at radius 1 is 1.21 bits per heavy atom. The minimum absolute atomic E-state index is 0.00272. The van der Waals surface area contributed by atoms with Crippen molar-refractivity contribution in [1.29, 1.82) is 0 Å². The van der Waals surface area contributed by atoms with Gasteiger partial charge in [-0.2, -0.15) is 0 Å². The number of carbonyl (C=O) groups excluding carboxylic acids is 1. The molecule has 7 heteroatoms. The lowest BCUT2D eigenvalue weighted by molar-refractivity contribution is 0.0845. The zero-order chi connectivity index (χ0) is 21.2. The largest absolute Gasteiger partial charge is 0.488 e. The van der Waals surface area contributed by atoms with Gasteiger partial charge in [-0.15, -0.1) is 0 Å². The standard InChI is InChI=1S/C22H28N2O4S/c1-5-15(2)23-21(25)18-8-6-7-9-19(18)24-29(26,27)17-10-11-20-16(14-17)12-13-22(3,4)28-20/h6-11,14-15,24H,5,12-13H2,1-4H3,(H,23,25)/t15-/m1/s1. The smallest absolute Gasteiger partial charge is 0.261 e. The zero-order valence-corrected chi connectivity index (χ0v) is 18.1. The molecular formula is C22H28N2O4S. The van der Waals surface area contributed by atoms with Gasteiger partial charge in [-0.25, -0.2) is 8.42 Å². The Balaban J connectivity index is 1.87. The van der Waals surface area contributed by atoms with E-state index in [9.17, 15) is 13.2 Å². The van der Waals surface area contributed by atoms with Gasteiger partial charge >= 0.3 is 0 Å². The summed E-state index contributed by atoms with van der Waals surface area (Å²) < 4.78 is 34.5. The summed E-state index contributed by atoms with van der Waals surface area (Å²) in [4.78, 5) is 12.7. The van der Waals surface area contributed by atoms with Gasteiger partial charge in [-0.1, -0.05) is 19.1 Å². The molecule has 0 unspecified atom stereocenters. The Hall–Kier alpha value is -2.54. The van der Waals surface area contributed by atoms with Gasteiger partial charge in [0, 0.05) is 6.04 Å². The second kappa shape index (κ2) is 8.06. The highest BCUT2D eigenvalue weighted by Gasteiger charge is 2.28. The van der Waals surface area contributed by atoms with Crippen molar-refractivity contribution < 1.29 is 17.9 Å². The minimum atomic E-state index is -3.85. The first-order valence-corrected chi connectivity index (χ1v) is 11.3. The Morgan fingerprint density at radius 2 is 1.93 bits per heavy atom. The highest BCUT2D eigenvalue weighted by atomic mass is 32.2. The van der Waals surface area contributed by atoms with Gasteiger partial charge in [-0.05, 0) is 75.9 Å². The number of fused-ring (bicyclic) bond motifs is 1. The van der Waals surface area contributed by atoms with Gasteiger partial charge in [0.1, 0.15) is 11.4 Å². The highest BCUT2D eigenvalue weighted by molar-refractivity contribution is 7.92. The molecule has 1 heterocycles. The molecule has 0 radical (unpaired) electrons. The van der Waals surface area contributed by atoms with Crippen molar-refractivity contribution in [3.63, 3.8) is 0 Å². The Labute approximate surface area is 172 Å². The van der Waals surface area contributed by atoms with Crippen LogP contribution in [0.5, 0.6) is 5.75 Å². The first-order chi connectivity index (χ1) is 13.6. The normalized spacial score (nSPS) is 16.3. The second-order valence-electron chi connectivity index (χ2n) is 8.07. The van der Waals surface area contributed by atoms with Crippen LogP contribution in [0.3, 0.4) is 0 Å². The van der Waals surface area contributed by atoms with Crippen LogP contribution < -0.4 is 14.8 Å². The predicted molar refractivity (Wildman–Crippen MR) is 114 cm³/mol. The Bertz CT molecular complexity index is 1020. The van der Waals surface area contributed by atoms with E-state index in [0.717, 1.165) is 24.8 Å². The van der Waals surface area contributed by atoms with Crippen LogP contribution in [-0.4, -0.2) is 26.0 Å². The molecular weight excluding hydrogens is 388 g/mol. The van der Waals surface area contributed by atoms with Crippen LogP contribution in [0.4, 0.5) is 5.69 Å². The highest BCUT2D eigenvalue weighted by Crippen LogP contribution is 2.34. The summed E-state index contributed by atoms with van der Waals surface area (Å²) in [5.41, 5.74) is 1.16. The number of anilines is 1. The van der Waals surface area contributed by atoms with Gasteiger partial charge in [0.05, 0.1) is 16.1 Å². The fourth-order valence-electron chi connectivity index (χ4n) is 3.18. The van der Waals surface area contributed by atoms with Crippen molar-refractivity contribution in [2.45, 2.75) is 63.5 Å². The fourth-order valence-corrected chi connectivity index (χ4v) is 4.31. The molecule has 2 aromatic carbocycles. The summed E-state index contributed by atoms with van der Waals surface area (Å²) in [6, 6.07) is 11.5. The van der Waals surface area contributed by atoms with Crippen LogP contribution in [-0.2, 0) is 16.4 Å². The molecule has 1 aliphatic heterocycles. The predicted octanol–water partition coefficient (Wildman–Crippen LogP) is 4.12. The van der Waals surface area contributed by atoms with E-state index in [0.29, 0.717) is 11.3 Å². The van der Waals surface area contributed by atoms with E-state index in [1.54, 1.807) is 36.4 Å². The fraction of sp³-hybridized carbons (Fsp3) is 0.409. The molecule has 0 fully saturated rings. The topological polar surface area (TPSA) is 84.5 Å². The van der Waals surface area contributed by atoms with Gasteiger partial charge in [0.2, 0.25) is 0 Å². The monoisotopic (exact) mass is 416 g/mol. The SMILES string of the molecule is CC[C@@H](C)NC(=O)c1ccccc1NS(=O)(=O)c1ccc2c(c1)CCC(C)(C)O2. The molecule has 156 valence electrons. The third-order valence-corrected chi connectivity index (χ3v) is 6.49. The maximum absolute atomic E-state index is 13.0. The Morgan fingerprint density at radius 3 is 2.66 bits per heavy atom. The molecule has 1 aliphatic rings. The van der Waals surface area contributed by atoms with Gasteiger partial charge in [-0.3, -0.25) is 9.52 Å². The van der Waals surface area contributed by atoms with Crippen LogP contribution in [0.1, 0.15) is 56.5 Å². The molecule has 0 aliphatic carbocycles. The molecule has 0 aromatic heterocycles. The summed E-state index contributed by atoms with van der Waals surface area (Å²) in [5, 5.41) is 2.87. The molecule has 29 heavy (non-hydrogen) atoms. The lowest BCUT2D eigenvalue weighted by Gasteiger charge is -2.32. The number of amides is 1. The van der Waals surface area contributed by atoms with E-state index >= 15 is 0 Å². The summed E-state index contributed by atoms with van der Waals surface area (Å²) in [7, 11) is -3.85. The van der Waals surface area contributed by atoms with Crippen molar-refractivity contribution in [2.24, 2.45) is 0 Å². The summed E-state index contributed by atoms with van der Waals surface area (Å²) in [6.07, 6.45) is 2.35. The first-order valence-electron chi connectivity index (χ1n) is 9.86. The van der Waals surface area contributed by atoms with Crippen molar-refractivity contribution in [1.82, 2.24) is 5.32 Å². The number of hydrogen-bond acceptors (Lipinski definition) is 4. The number of hydrogen-bond donors (Lipinski definition) is 2. The maximum atomic E-state index is 13.0. The van der Waals surface area contributed by atoms with Crippen molar-refractivity contribution in [3.8, 4) is 5.75 Å². The van der Waals surface area contributed by atoms with E-state index in [1.165, 1.54) is 6.07 Å². The summed E-state index contributed by atoms with van der Waals surface area (Å²) >= 11 is 0. The zero-order valence-electron chi connectivity index (χ0n) is 17.3. The lowest BCUT2D eigenvalue weighted by atomic mass is 9.94. The number of para-hydroxylation sites is 1. The molecule has 0 saturated heterocycles. The maximum Gasteiger partial charge on any atom is 0.261 e. The van der Waals surface area contributed by atoms with Crippen LogP contribution >= 0.6 is 0 Å².